The quantitative estimate of drug-likeness (QED) is 0.590. The predicted octanol–water partition coefficient (Wildman–Crippen LogP) is 3.30. The Kier molecular flexibility index (Phi) is 4.01. The first-order chi connectivity index (χ1) is 10.2. The van der Waals surface area contributed by atoms with Crippen molar-refractivity contribution in [3.63, 3.8) is 0 Å². The van der Waals surface area contributed by atoms with Crippen molar-refractivity contribution in [2.45, 2.75) is 0 Å². The summed E-state index contributed by atoms with van der Waals surface area (Å²) in [7, 11) is 1.56. The average Bonchev–Trinajstić information content (AvgIpc) is 2.53. The molecule has 108 valence electrons. The van der Waals surface area contributed by atoms with Crippen LogP contribution in [-0.2, 0) is 0 Å². The van der Waals surface area contributed by atoms with Gasteiger partial charge in [0.2, 0.25) is 0 Å². The molecule has 1 heterocycles. The normalized spacial score (nSPS) is 12.9. The van der Waals surface area contributed by atoms with Gasteiger partial charge in [-0.2, -0.15) is 0 Å². The van der Waals surface area contributed by atoms with E-state index in [2.05, 4.69) is 22.6 Å². The summed E-state index contributed by atoms with van der Waals surface area (Å²) < 4.78 is 17.2. The second kappa shape index (κ2) is 5.93. The van der Waals surface area contributed by atoms with E-state index in [1.807, 2.05) is 12.1 Å². The highest BCUT2D eigenvalue weighted by molar-refractivity contribution is 14.1. The third-order valence-corrected chi connectivity index (χ3v) is 3.88. The number of rotatable bonds is 3. The van der Waals surface area contributed by atoms with Crippen molar-refractivity contribution < 1.29 is 19.0 Å². The van der Waals surface area contributed by atoms with E-state index in [0.717, 1.165) is 3.57 Å². The molecule has 0 fully saturated rings. The highest BCUT2D eigenvalue weighted by atomic mass is 127. The molecule has 2 aromatic rings. The molecule has 4 nitrogen and oxygen atoms in total. The van der Waals surface area contributed by atoms with Crippen molar-refractivity contribution in [2.75, 3.05) is 20.3 Å². The Morgan fingerprint density at radius 2 is 1.86 bits per heavy atom. The molecule has 0 unspecified atom stereocenters. The molecule has 3 rings (SSSR count). The first-order valence-electron chi connectivity index (χ1n) is 6.47. The third kappa shape index (κ3) is 2.83. The van der Waals surface area contributed by atoms with Gasteiger partial charge in [-0.1, -0.05) is 0 Å². The molecular formula is C16H13IO4. The summed E-state index contributed by atoms with van der Waals surface area (Å²) in [6.45, 7) is 1.03. The van der Waals surface area contributed by atoms with Crippen LogP contribution in [0, 0.1) is 3.57 Å². The highest BCUT2D eigenvalue weighted by Crippen LogP contribution is 2.32. The summed E-state index contributed by atoms with van der Waals surface area (Å²) in [4.78, 5) is 12.7. The minimum absolute atomic E-state index is 0.0951. The van der Waals surface area contributed by atoms with Crippen LogP contribution in [0.15, 0.2) is 36.4 Å². The molecule has 0 spiro atoms. The summed E-state index contributed by atoms with van der Waals surface area (Å²) in [5, 5.41) is 0. The number of fused-ring (bicyclic) bond motifs is 1. The Morgan fingerprint density at radius 1 is 1.10 bits per heavy atom. The van der Waals surface area contributed by atoms with Crippen molar-refractivity contribution in [3.8, 4) is 17.2 Å². The van der Waals surface area contributed by atoms with Gasteiger partial charge in [0.15, 0.2) is 17.3 Å². The highest BCUT2D eigenvalue weighted by Gasteiger charge is 2.18. The van der Waals surface area contributed by atoms with Crippen LogP contribution in [-0.4, -0.2) is 26.1 Å². The molecule has 2 aromatic carbocycles. The summed E-state index contributed by atoms with van der Waals surface area (Å²) in [5.41, 5.74) is 1.10. The molecule has 1 aliphatic heterocycles. The Morgan fingerprint density at radius 3 is 2.62 bits per heavy atom. The van der Waals surface area contributed by atoms with Crippen LogP contribution >= 0.6 is 22.6 Å². The van der Waals surface area contributed by atoms with Gasteiger partial charge >= 0.3 is 0 Å². The fraction of sp³-hybridized carbons (Fsp3) is 0.188. The topological polar surface area (TPSA) is 44.8 Å². The van der Waals surface area contributed by atoms with Crippen LogP contribution in [0.2, 0.25) is 0 Å². The molecule has 0 bridgehead atoms. The summed E-state index contributed by atoms with van der Waals surface area (Å²) in [5.74, 6) is 1.75. The molecule has 0 N–H and O–H groups in total. The minimum Gasteiger partial charge on any atom is -0.496 e. The molecule has 0 amide bonds. The second-order valence-electron chi connectivity index (χ2n) is 4.53. The number of methoxy groups -OCH3 is 1. The number of hydrogen-bond donors (Lipinski definition) is 0. The maximum Gasteiger partial charge on any atom is 0.196 e. The van der Waals surface area contributed by atoms with Gasteiger partial charge < -0.3 is 14.2 Å². The van der Waals surface area contributed by atoms with E-state index >= 15 is 0 Å². The lowest BCUT2D eigenvalue weighted by molar-refractivity contribution is 0.103. The van der Waals surface area contributed by atoms with Crippen LogP contribution in [0.25, 0.3) is 0 Å². The summed E-state index contributed by atoms with van der Waals surface area (Å²) in [6, 6.07) is 10.7. The molecule has 0 atom stereocenters. The van der Waals surface area contributed by atoms with Gasteiger partial charge in [0.1, 0.15) is 19.0 Å². The first kappa shape index (κ1) is 14.2. The third-order valence-electron chi connectivity index (χ3n) is 3.21. The van der Waals surface area contributed by atoms with Gasteiger partial charge in [0.25, 0.3) is 0 Å². The van der Waals surface area contributed by atoms with Crippen LogP contribution in [0.4, 0.5) is 0 Å². The number of carbonyl (C=O) groups is 1. The molecule has 5 heteroatoms. The molecule has 0 radical (unpaired) electrons. The summed E-state index contributed by atoms with van der Waals surface area (Å²) >= 11 is 2.17. The van der Waals surface area contributed by atoms with Crippen molar-refractivity contribution in [2.24, 2.45) is 0 Å². The van der Waals surface area contributed by atoms with E-state index in [-0.39, 0.29) is 5.78 Å². The standard InChI is InChI=1S/C16H13IO4/c1-19-13-5-3-11(17)9-12(13)16(18)10-2-4-14-15(8-10)21-7-6-20-14/h2-5,8-9H,6-7H2,1H3. The molecule has 0 saturated carbocycles. The van der Waals surface area contributed by atoms with E-state index in [1.165, 1.54) is 0 Å². The SMILES string of the molecule is COc1ccc(I)cc1C(=O)c1ccc2c(c1)OCCO2. The molecule has 0 saturated heterocycles. The number of ketones is 1. The zero-order chi connectivity index (χ0) is 14.8. The Hall–Kier alpha value is -1.76. The fourth-order valence-electron chi connectivity index (χ4n) is 2.20. The average molecular weight is 396 g/mol. The van der Waals surface area contributed by atoms with E-state index in [4.69, 9.17) is 14.2 Å². The van der Waals surface area contributed by atoms with Gasteiger partial charge in [-0.25, -0.2) is 0 Å². The lowest BCUT2D eigenvalue weighted by Gasteiger charge is -2.18. The zero-order valence-corrected chi connectivity index (χ0v) is 13.5. The van der Waals surface area contributed by atoms with Crippen LogP contribution in [0.5, 0.6) is 17.2 Å². The molecule has 1 aliphatic rings. The van der Waals surface area contributed by atoms with E-state index in [9.17, 15) is 4.79 Å². The van der Waals surface area contributed by atoms with Gasteiger partial charge in [-0.05, 0) is 59.0 Å². The van der Waals surface area contributed by atoms with Crippen molar-refractivity contribution in [1.29, 1.82) is 0 Å². The van der Waals surface area contributed by atoms with Crippen LogP contribution < -0.4 is 14.2 Å². The Labute approximate surface area is 136 Å². The molecule has 0 aliphatic carbocycles. The van der Waals surface area contributed by atoms with Gasteiger partial charge in [0.05, 0.1) is 12.7 Å². The molecule has 0 aromatic heterocycles. The van der Waals surface area contributed by atoms with Crippen LogP contribution in [0.1, 0.15) is 15.9 Å². The van der Waals surface area contributed by atoms with Gasteiger partial charge in [0, 0.05) is 9.13 Å². The Balaban J connectivity index is 2.00. The predicted molar refractivity (Wildman–Crippen MR) is 86.6 cm³/mol. The van der Waals surface area contributed by atoms with Crippen molar-refractivity contribution in [3.05, 3.63) is 51.1 Å². The number of carbonyl (C=O) groups excluding carboxylic acids is 1. The monoisotopic (exact) mass is 396 g/mol. The number of hydrogen-bond acceptors (Lipinski definition) is 4. The summed E-state index contributed by atoms with van der Waals surface area (Å²) in [6.07, 6.45) is 0. The number of halogens is 1. The van der Waals surface area contributed by atoms with Crippen LogP contribution in [0.3, 0.4) is 0 Å². The van der Waals surface area contributed by atoms with E-state index < -0.39 is 0 Å². The minimum atomic E-state index is -0.0951. The largest absolute Gasteiger partial charge is 0.496 e. The maximum atomic E-state index is 12.7. The zero-order valence-electron chi connectivity index (χ0n) is 11.4. The molecular weight excluding hydrogens is 383 g/mol. The second-order valence-corrected chi connectivity index (χ2v) is 5.78. The maximum absolute atomic E-state index is 12.7. The van der Waals surface area contributed by atoms with Crippen molar-refractivity contribution >= 4 is 28.4 Å². The van der Waals surface area contributed by atoms with Gasteiger partial charge in [-0.15, -0.1) is 0 Å². The van der Waals surface area contributed by atoms with Gasteiger partial charge in [-0.3, -0.25) is 4.79 Å². The van der Waals surface area contributed by atoms with E-state index in [0.29, 0.717) is 41.6 Å². The first-order valence-corrected chi connectivity index (χ1v) is 7.55. The fourth-order valence-corrected chi connectivity index (χ4v) is 2.69. The Bertz CT molecular complexity index is 697. The lowest BCUT2D eigenvalue weighted by atomic mass is 10.0. The molecule has 21 heavy (non-hydrogen) atoms. The lowest BCUT2D eigenvalue weighted by Crippen LogP contribution is -2.16. The van der Waals surface area contributed by atoms with Crippen molar-refractivity contribution in [1.82, 2.24) is 0 Å². The number of benzene rings is 2. The number of ether oxygens (including phenoxy) is 3. The smallest absolute Gasteiger partial charge is 0.196 e. The van der Waals surface area contributed by atoms with E-state index in [1.54, 1.807) is 31.4 Å².